The van der Waals surface area contributed by atoms with Crippen LogP contribution >= 0.6 is 24.2 Å². The summed E-state index contributed by atoms with van der Waals surface area (Å²) in [5, 5.41) is 12.5. The van der Waals surface area contributed by atoms with Gasteiger partial charge in [-0.15, -0.1) is 22.6 Å². The van der Waals surface area contributed by atoms with Crippen LogP contribution in [-0.2, 0) is 14.8 Å². The first-order valence-electron chi connectivity index (χ1n) is 12.7. The first-order chi connectivity index (χ1) is 18.9. The van der Waals surface area contributed by atoms with Crippen LogP contribution in [0.1, 0.15) is 43.8 Å². The van der Waals surface area contributed by atoms with Crippen LogP contribution in [0, 0.1) is 6.92 Å². The number of carbonyl (C=O) groups excluding carboxylic acids is 1. The van der Waals surface area contributed by atoms with Gasteiger partial charge in [-0.1, -0.05) is 61.4 Å². The van der Waals surface area contributed by atoms with Crippen molar-refractivity contribution in [3.8, 4) is 11.4 Å². The van der Waals surface area contributed by atoms with Crippen LogP contribution in [0.15, 0.2) is 76.9 Å². The van der Waals surface area contributed by atoms with Crippen molar-refractivity contribution in [3.05, 3.63) is 72.6 Å². The van der Waals surface area contributed by atoms with Gasteiger partial charge in [0, 0.05) is 29.2 Å². The van der Waals surface area contributed by atoms with E-state index in [0.717, 1.165) is 29.4 Å². The van der Waals surface area contributed by atoms with E-state index < -0.39 is 10.0 Å². The van der Waals surface area contributed by atoms with E-state index in [2.05, 4.69) is 34.8 Å². The van der Waals surface area contributed by atoms with Gasteiger partial charge < -0.3 is 5.32 Å². The van der Waals surface area contributed by atoms with Crippen molar-refractivity contribution in [2.75, 3.05) is 15.8 Å². The summed E-state index contributed by atoms with van der Waals surface area (Å²) in [6.45, 7) is 1.75. The Bertz CT molecular complexity index is 1540. The van der Waals surface area contributed by atoms with Gasteiger partial charge in [-0.25, -0.2) is 23.1 Å². The number of aromatic nitrogens is 5. The van der Waals surface area contributed by atoms with Crippen LogP contribution in [0.4, 0.5) is 11.6 Å². The quantitative estimate of drug-likeness (QED) is 0.241. The zero-order valence-electron chi connectivity index (χ0n) is 21.9. The number of aryl methyl sites for hydroxylation is 1. The average molecular weight is 600 g/mol. The highest BCUT2D eigenvalue weighted by atomic mass is 35.5. The number of nitrogens with one attached hydrogen (secondary N) is 2. The Balaban J connectivity index is 0.00000370. The van der Waals surface area contributed by atoms with Crippen molar-refractivity contribution in [3.63, 3.8) is 0 Å². The zero-order valence-corrected chi connectivity index (χ0v) is 24.3. The largest absolute Gasteiger partial charge is 0.325 e. The lowest BCUT2D eigenvalue weighted by molar-refractivity contribution is -0.113. The fraction of sp³-hybridized carbons (Fsp3) is 0.296. The standard InChI is InChI=1S/C27H29N7O3S2.ClH/c1-19-16-17-28-26(29-19)33-39(36,37)23-14-12-21(13-15-23)30-24(35)18-38-27-32-31-25(20-8-4-2-5-9-20)34(27)22-10-6-3-7-11-22;/h2,4-5,8-9,12-17,22H,3,6-7,10-11,18H2,1H3,(H,30,35)(H,28,29,33);1H. The molecule has 1 aliphatic rings. The van der Waals surface area contributed by atoms with Gasteiger partial charge in [-0.3, -0.25) is 9.36 Å². The van der Waals surface area contributed by atoms with E-state index in [4.69, 9.17) is 0 Å². The summed E-state index contributed by atoms with van der Waals surface area (Å²) in [7, 11) is -3.87. The summed E-state index contributed by atoms with van der Waals surface area (Å²) < 4.78 is 29.9. The number of amides is 1. The molecule has 0 atom stereocenters. The van der Waals surface area contributed by atoms with E-state index in [0.29, 0.717) is 17.4 Å². The van der Waals surface area contributed by atoms with Gasteiger partial charge in [-0.05, 0) is 50.1 Å². The molecular formula is C27H30ClN7O3S2. The van der Waals surface area contributed by atoms with E-state index in [1.54, 1.807) is 25.1 Å². The number of nitrogens with zero attached hydrogens (tertiary/aromatic N) is 5. The lowest BCUT2D eigenvalue weighted by Crippen LogP contribution is -2.18. The Labute approximate surface area is 243 Å². The molecule has 0 saturated heterocycles. The molecule has 10 nitrogen and oxygen atoms in total. The number of benzene rings is 2. The van der Waals surface area contributed by atoms with Crippen LogP contribution in [0.3, 0.4) is 0 Å². The second-order valence-electron chi connectivity index (χ2n) is 9.32. The lowest BCUT2D eigenvalue weighted by atomic mass is 9.95. The van der Waals surface area contributed by atoms with Crippen molar-refractivity contribution in [1.29, 1.82) is 0 Å². The highest BCUT2D eigenvalue weighted by Gasteiger charge is 2.24. The van der Waals surface area contributed by atoms with Crippen molar-refractivity contribution in [1.82, 2.24) is 24.7 Å². The molecule has 0 bridgehead atoms. The van der Waals surface area contributed by atoms with Gasteiger partial charge in [0.15, 0.2) is 11.0 Å². The molecule has 0 unspecified atom stereocenters. The second kappa shape index (κ2) is 13.2. The molecule has 40 heavy (non-hydrogen) atoms. The highest BCUT2D eigenvalue weighted by molar-refractivity contribution is 7.99. The Morgan fingerprint density at radius 2 is 1.73 bits per heavy atom. The molecule has 2 N–H and O–H groups in total. The van der Waals surface area contributed by atoms with Crippen LogP contribution in [0.5, 0.6) is 0 Å². The molecule has 0 spiro atoms. The number of thioether (sulfide) groups is 1. The minimum Gasteiger partial charge on any atom is -0.325 e. The van der Waals surface area contributed by atoms with Crippen LogP contribution in [0.2, 0.25) is 0 Å². The predicted octanol–water partition coefficient (Wildman–Crippen LogP) is 5.50. The maximum Gasteiger partial charge on any atom is 0.264 e. The third kappa shape index (κ3) is 7.18. The summed E-state index contributed by atoms with van der Waals surface area (Å²) in [6.07, 6.45) is 7.19. The number of hydrogen-bond acceptors (Lipinski definition) is 8. The van der Waals surface area contributed by atoms with Crippen molar-refractivity contribution in [2.45, 2.75) is 55.1 Å². The minimum absolute atomic E-state index is 0. The van der Waals surface area contributed by atoms with Gasteiger partial charge >= 0.3 is 0 Å². The maximum atomic E-state index is 12.8. The van der Waals surface area contributed by atoms with Gasteiger partial charge in [0.05, 0.1) is 10.6 Å². The fourth-order valence-corrected chi connectivity index (χ4v) is 6.31. The minimum atomic E-state index is -3.87. The number of rotatable bonds is 9. The molecule has 210 valence electrons. The van der Waals surface area contributed by atoms with Gasteiger partial charge in [0.25, 0.3) is 10.0 Å². The Kier molecular flexibility index (Phi) is 9.77. The van der Waals surface area contributed by atoms with Crippen molar-refractivity contribution in [2.24, 2.45) is 0 Å². The van der Waals surface area contributed by atoms with Gasteiger partial charge in [-0.2, -0.15) is 0 Å². The Morgan fingerprint density at radius 1 is 1.00 bits per heavy atom. The topological polar surface area (TPSA) is 132 Å². The molecule has 1 fully saturated rings. The number of carbonyl (C=O) groups is 1. The molecular weight excluding hydrogens is 570 g/mol. The third-order valence-corrected chi connectivity index (χ3v) is 8.72. The molecule has 13 heteroatoms. The Morgan fingerprint density at radius 3 is 2.42 bits per heavy atom. The van der Waals surface area contributed by atoms with E-state index in [-0.39, 0.29) is 34.9 Å². The highest BCUT2D eigenvalue weighted by Crippen LogP contribution is 2.35. The summed E-state index contributed by atoms with van der Waals surface area (Å²) >= 11 is 1.35. The number of hydrogen-bond donors (Lipinski definition) is 2. The molecule has 4 aromatic rings. The first-order valence-corrected chi connectivity index (χ1v) is 15.2. The maximum absolute atomic E-state index is 12.8. The van der Waals surface area contributed by atoms with Crippen molar-refractivity contribution < 1.29 is 13.2 Å². The zero-order chi connectivity index (χ0) is 27.2. The molecule has 2 aromatic heterocycles. The summed E-state index contributed by atoms with van der Waals surface area (Å²) in [6, 6.07) is 17.9. The normalized spacial score (nSPS) is 13.8. The van der Waals surface area contributed by atoms with E-state index >= 15 is 0 Å². The summed E-state index contributed by atoms with van der Waals surface area (Å²) in [5.74, 6) is 0.750. The smallest absolute Gasteiger partial charge is 0.264 e. The molecule has 1 saturated carbocycles. The van der Waals surface area contributed by atoms with Gasteiger partial charge in [0.2, 0.25) is 11.9 Å². The van der Waals surface area contributed by atoms with E-state index in [9.17, 15) is 13.2 Å². The molecule has 2 aromatic carbocycles. The number of anilines is 2. The fourth-order valence-electron chi connectivity index (χ4n) is 4.55. The van der Waals surface area contributed by atoms with E-state index in [1.165, 1.54) is 49.4 Å². The second-order valence-corrected chi connectivity index (χ2v) is 11.9. The van der Waals surface area contributed by atoms with Crippen LogP contribution in [-0.4, -0.2) is 44.8 Å². The van der Waals surface area contributed by atoms with Gasteiger partial charge in [0.1, 0.15) is 0 Å². The van der Waals surface area contributed by atoms with E-state index in [1.807, 2.05) is 30.3 Å². The predicted molar refractivity (Wildman–Crippen MR) is 158 cm³/mol. The molecule has 0 aliphatic heterocycles. The molecule has 5 rings (SSSR count). The molecule has 1 amide bonds. The van der Waals surface area contributed by atoms with Crippen molar-refractivity contribution >= 4 is 51.7 Å². The van der Waals surface area contributed by atoms with Crippen LogP contribution < -0.4 is 10.0 Å². The number of sulfonamides is 1. The number of halogens is 1. The third-order valence-electron chi connectivity index (χ3n) is 6.44. The SMILES string of the molecule is Cc1ccnc(NS(=O)(=O)c2ccc(NC(=O)CSc3nnc(-c4ccccc4)n3C3CCCCC3)cc2)n1.Cl. The monoisotopic (exact) mass is 599 g/mol. The first kappa shape index (κ1) is 29.5. The average Bonchev–Trinajstić information content (AvgIpc) is 3.37. The van der Waals surface area contributed by atoms with Crippen LogP contribution in [0.25, 0.3) is 11.4 Å². The molecule has 0 radical (unpaired) electrons. The summed E-state index contributed by atoms with van der Waals surface area (Å²) in [4.78, 5) is 20.8. The molecule has 1 aliphatic carbocycles. The Hall–Kier alpha value is -3.48. The molecule has 2 heterocycles. The summed E-state index contributed by atoms with van der Waals surface area (Å²) in [5.41, 5.74) is 2.14. The lowest BCUT2D eigenvalue weighted by Gasteiger charge is -2.25.